The molecule has 0 aromatic heterocycles. The summed E-state index contributed by atoms with van der Waals surface area (Å²) >= 11 is 0. The molecule has 2 N–H and O–H groups in total. The molecule has 0 unspecified atom stereocenters. The van der Waals surface area contributed by atoms with Crippen molar-refractivity contribution in [1.82, 2.24) is 0 Å². The summed E-state index contributed by atoms with van der Waals surface area (Å²) in [6.07, 6.45) is 1.53. The zero-order valence-corrected chi connectivity index (χ0v) is 11.2. The smallest absolute Gasteiger partial charge is 0.231 e. The number of carbonyl (C=O) groups excluding carboxylic acids is 1. The molecule has 2 aromatic rings. The van der Waals surface area contributed by atoms with Crippen LogP contribution in [0.25, 0.3) is 6.08 Å². The molecule has 3 rings (SSSR count). The molecule has 0 aliphatic carbocycles. The van der Waals surface area contributed by atoms with Crippen molar-refractivity contribution in [3.63, 3.8) is 0 Å². The lowest BCUT2D eigenvalue weighted by molar-refractivity contribution is 0.101. The summed E-state index contributed by atoms with van der Waals surface area (Å²) in [5, 5.41) is 19.1. The molecule has 22 heavy (non-hydrogen) atoms. The molecule has 1 aliphatic heterocycles. The Bertz CT molecular complexity index is 762. The number of hydrogen-bond acceptors (Lipinski definition) is 5. The van der Waals surface area contributed by atoms with E-state index in [4.69, 9.17) is 9.47 Å². The van der Waals surface area contributed by atoms with Crippen molar-refractivity contribution in [1.29, 1.82) is 0 Å². The van der Waals surface area contributed by atoms with E-state index in [9.17, 15) is 15.0 Å². The Morgan fingerprint density at radius 3 is 2.59 bits per heavy atom. The van der Waals surface area contributed by atoms with Crippen molar-refractivity contribution in [2.45, 2.75) is 7.43 Å². The van der Waals surface area contributed by atoms with E-state index in [1.54, 1.807) is 12.1 Å². The first-order valence-electron chi connectivity index (χ1n) is 6.23. The summed E-state index contributed by atoms with van der Waals surface area (Å²) < 4.78 is 10.4. The molecular weight excluding hydrogens is 284 g/mol. The molecule has 0 radical (unpaired) electrons. The van der Waals surface area contributed by atoms with Gasteiger partial charge in [-0.05, 0) is 35.9 Å². The van der Waals surface area contributed by atoms with Gasteiger partial charge in [-0.25, -0.2) is 0 Å². The van der Waals surface area contributed by atoms with Crippen LogP contribution in [0.5, 0.6) is 23.0 Å². The Morgan fingerprint density at radius 2 is 1.91 bits per heavy atom. The van der Waals surface area contributed by atoms with Crippen LogP contribution in [-0.4, -0.2) is 23.1 Å². The molecule has 0 fully saturated rings. The molecule has 0 atom stereocenters. The number of Topliss-reactive ketones (excluding diaryl/α,β-unsaturated/α-hetero) is 1. The van der Waals surface area contributed by atoms with Crippen molar-refractivity contribution in [2.75, 3.05) is 7.11 Å². The van der Waals surface area contributed by atoms with Gasteiger partial charge in [0.05, 0.1) is 12.7 Å². The van der Waals surface area contributed by atoms with E-state index in [1.807, 2.05) is 0 Å². The molecule has 0 saturated heterocycles. The largest absolute Gasteiger partial charge is 0.508 e. The third-order valence-corrected chi connectivity index (χ3v) is 3.15. The predicted octanol–water partition coefficient (Wildman–Crippen LogP) is 3.36. The standard InChI is InChI=1S/C16H12O5.CH4/c1-20-13-5-2-9(6-12(13)18)7-15-16(19)11-4-3-10(17)8-14(11)21-15;/h2-8,17-18H,1H3;1H4/b15-7-;. The Labute approximate surface area is 128 Å². The van der Waals surface area contributed by atoms with E-state index in [0.29, 0.717) is 22.6 Å². The SMILES string of the molecule is C.COc1ccc(/C=C2\Oc3cc(O)ccc3C2=O)cc1O. The van der Waals surface area contributed by atoms with Crippen LogP contribution in [0.2, 0.25) is 0 Å². The number of phenolic OH excluding ortho intramolecular Hbond substituents is 2. The summed E-state index contributed by atoms with van der Waals surface area (Å²) in [6.45, 7) is 0. The normalized spacial score (nSPS) is 14.2. The summed E-state index contributed by atoms with van der Waals surface area (Å²) in [4.78, 5) is 12.2. The summed E-state index contributed by atoms with van der Waals surface area (Å²) in [7, 11) is 1.46. The van der Waals surface area contributed by atoms with Crippen molar-refractivity contribution >= 4 is 11.9 Å². The number of hydrogen-bond donors (Lipinski definition) is 2. The average Bonchev–Trinajstić information content (AvgIpc) is 2.75. The first-order valence-corrected chi connectivity index (χ1v) is 6.23. The molecular formula is C17H16O5. The first kappa shape index (κ1) is 15.4. The third kappa shape index (κ3) is 2.61. The molecule has 0 amide bonds. The van der Waals surface area contributed by atoms with E-state index in [1.165, 1.54) is 37.5 Å². The maximum Gasteiger partial charge on any atom is 0.231 e. The molecule has 1 heterocycles. The Kier molecular flexibility index (Phi) is 4.08. The fourth-order valence-electron chi connectivity index (χ4n) is 2.12. The van der Waals surface area contributed by atoms with Crippen LogP contribution in [0.15, 0.2) is 42.2 Å². The number of phenols is 2. The molecule has 0 spiro atoms. The minimum Gasteiger partial charge on any atom is -0.508 e. The van der Waals surface area contributed by atoms with Crippen LogP contribution >= 0.6 is 0 Å². The van der Waals surface area contributed by atoms with Gasteiger partial charge >= 0.3 is 0 Å². The molecule has 5 heteroatoms. The Balaban J connectivity index is 0.00000176. The maximum atomic E-state index is 12.2. The second-order valence-electron chi connectivity index (χ2n) is 4.55. The molecule has 5 nitrogen and oxygen atoms in total. The number of fused-ring (bicyclic) bond motifs is 1. The molecule has 2 aromatic carbocycles. The van der Waals surface area contributed by atoms with E-state index in [0.717, 1.165) is 0 Å². The monoisotopic (exact) mass is 300 g/mol. The zero-order valence-electron chi connectivity index (χ0n) is 11.2. The highest BCUT2D eigenvalue weighted by molar-refractivity contribution is 6.14. The van der Waals surface area contributed by atoms with Crippen molar-refractivity contribution in [3.05, 3.63) is 53.3 Å². The van der Waals surface area contributed by atoms with E-state index >= 15 is 0 Å². The van der Waals surface area contributed by atoms with Gasteiger partial charge in [0.1, 0.15) is 11.5 Å². The van der Waals surface area contributed by atoms with E-state index in [2.05, 4.69) is 0 Å². The third-order valence-electron chi connectivity index (χ3n) is 3.15. The fraction of sp³-hybridized carbons (Fsp3) is 0.118. The zero-order chi connectivity index (χ0) is 15.0. The summed E-state index contributed by atoms with van der Waals surface area (Å²) in [5.41, 5.74) is 1.01. The summed E-state index contributed by atoms with van der Waals surface area (Å²) in [5.74, 6) is 0.561. The van der Waals surface area contributed by atoms with Gasteiger partial charge in [-0.3, -0.25) is 4.79 Å². The van der Waals surface area contributed by atoms with Gasteiger partial charge in [-0.1, -0.05) is 13.5 Å². The van der Waals surface area contributed by atoms with E-state index < -0.39 is 0 Å². The minimum atomic E-state index is -0.264. The van der Waals surface area contributed by atoms with Gasteiger partial charge in [-0.2, -0.15) is 0 Å². The van der Waals surface area contributed by atoms with E-state index in [-0.39, 0.29) is 30.5 Å². The van der Waals surface area contributed by atoms with Crippen LogP contribution < -0.4 is 9.47 Å². The topological polar surface area (TPSA) is 76.0 Å². The number of ketones is 1. The highest BCUT2D eigenvalue weighted by Gasteiger charge is 2.27. The number of methoxy groups -OCH3 is 1. The lowest BCUT2D eigenvalue weighted by Crippen LogP contribution is -1.98. The maximum absolute atomic E-state index is 12.2. The number of carbonyl (C=O) groups is 1. The highest BCUT2D eigenvalue weighted by Crippen LogP contribution is 2.35. The van der Waals surface area contributed by atoms with Crippen molar-refractivity contribution < 1.29 is 24.5 Å². The van der Waals surface area contributed by atoms with Crippen LogP contribution in [0.4, 0.5) is 0 Å². The van der Waals surface area contributed by atoms with Gasteiger partial charge < -0.3 is 19.7 Å². The Hall–Kier alpha value is -2.95. The Morgan fingerprint density at radius 1 is 1.14 bits per heavy atom. The quantitative estimate of drug-likeness (QED) is 0.832. The van der Waals surface area contributed by atoms with Gasteiger partial charge in [0, 0.05) is 6.07 Å². The van der Waals surface area contributed by atoms with Gasteiger partial charge in [0.25, 0.3) is 0 Å². The predicted molar refractivity (Wildman–Crippen MR) is 82.4 cm³/mol. The number of ether oxygens (including phenoxy) is 2. The molecule has 0 bridgehead atoms. The second kappa shape index (κ2) is 5.81. The van der Waals surface area contributed by atoms with Crippen molar-refractivity contribution in [2.24, 2.45) is 0 Å². The molecule has 0 saturated carbocycles. The molecule has 114 valence electrons. The van der Waals surface area contributed by atoms with Crippen LogP contribution in [0.3, 0.4) is 0 Å². The van der Waals surface area contributed by atoms with Crippen molar-refractivity contribution in [3.8, 4) is 23.0 Å². The van der Waals surface area contributed by atoms with Gasteiger partial charge in [0.15, 0.2) is 17.3 Å². The molecule has 1 aliphatic rings. The first-order chi connectivity index (χ1) is 10.1. The average molecular weight is 300 g/mol. The second-order valence-corrected chi connectivity index (χ2v) is 4.55. The van der Waals surface area contributed by atoms with Gasteiger partial charge in [-0.15, -0.1) is 0 Å². The highest BCUT2D eigenvalue weighted by atomic mass is 16.5. The lowest BCUT2D eigenvalue weighted by Gasteiger charge is -2.04. The fourth-order valence-corrected chi connectivity index (χ4v) is 2.12. The lowest BCUT2D eigenvalue weighted by atomic mass is 10.1. The number of rotatable bonds is 2. The van der Waals surface area contributed by atoms with Crippen LogP contribution in [-0.2, 0) is 0 Å². The minimum absolute atomic E-state index is 0. The number of aromatic hydroxyl groups is 2. The number of benzene rings is 2. The summed E-state index contributed by atoms with van der Waals surface area (Å²) in [6, 6.07) is 9.10. The number of allylic oxidation sites excluding steroid dienone is 1. The van der Waals surface area contributed by atoms with Crippen LogP contribution in [0.1, 0.15) is 23.3 Å². The van der Waals surface area contributed by atoms with Gasteiger partial charge in [0.2, 0.25) is 5.78 Å². The van der Waals surface area contributed by atoms with Crippen LogP contribution in [0, 0.1) is 0 Å².